The lowest BCUT2D eigenvalue weighted by Gasteiger charge is -2.12. The fraction of sp³-hybridized carbons (Fsp3) is 0.120. The predicted molar refractivity (Wildman–Crippen MR) is 121 cm³/mol. The standard InChI is InChI=1S/C25H16F7N3O3/c1-37-17-10-18(26)21(19(27)11-17)35-12-20(13-2-6-15(7-3-13)25(30,31)32)33-24(35)34-22(36)14-4-8-16(9-5-14)38-23(28)29/h2-12,23H,1H3,(H,33,34,36). The molecule has 1 heterocycles. The van der Waals surface area contributed by atoms with Gasteiger partial charge in [0.25, 0.3) is 5.91 Å². The number of methoxy groups -OCH3 is 1. The van der Waals surface area contributed by atoms with Crippen LogP contribution in [0.3, 0.4) is 0 Å². The molecule has 0 aliphatic carbocycles. The van der Waals surface area contributed by atoms with Gasteiger partial charge in [-0.3, -0.25) is 14.7 Å². The van der Waals surface area contributed by atoms with Crippen molar-refractivity contribution in [2.24, 2.45) is 0 Å². The van der Waals surface area contributed by atoms with Gasteiger partial charge in [-0.25, -0.2) is 13.8 Å². The number of rotatable bonds is 7. The van der Waals surface area contributed by atoms with Crippen molar-refractivity contribution in [3.05, 3.63) is 89.6 Å². The number of aromatic nitrogens is 2. The number of imidazole rings is 1. The highest BCUT2D eigenvalue weighted by Gasteiger charge is 2.30. The van der Waals surface area contributed by atoms with Crippen LogP contribution in [0.15, 0.2) is 66.9 Å². The summed E-state index contributed by atoms with van der Waals surface area (Å²) in [5.41, 5.74) is -1.44. The Kier molecular flexibility index (Phi) is 7.28. The third-order valence-electron chi connectivity index (χ3n) is 5.25. The van der Waals surface area contributed by atoms with Crippen LogP contribution in [0.1, 0.15) is 15.9 Å². The highest BCUT2D eigenvalue weighted by molar-refractivity contribution is 6.03. The Labute approximate surface area is 210 Å². The Hall–Kier alpha value is -4.55. The van der Waals surface area contributed by atoms with Crippen LogP contribution in [0.5, 0.6) is 11.5 Å². The molecule has 0 aliphatic rings. The van der Waals surface area contributed by atoms with Crippen molar-refractivity contribution in [1.82, 2.24) is 9.55 Å². The molecule has 0 aliphatic heterocycles. The van der Waals surface area contributed by atoms with Gasteiger partial charge in [-0.15, -0.1) is 0 Å². The number of hydrogen-bond acceptors (Lipinski definition) is 4. The zero-order valence-electron chi connectivity index (χ0n) is 19.2. The third kappa shape index (κ3) is 5.71. The second-order valence-corrected chi connectivity index (χ2v) is 7.69. The van der Waals surface area contributed by atoms with E-state index in [0.29, 0.717) is 0 Å². The Morgan fingerprint density at radius 2 is 1.55 bits per heavy atom. The molecule has 0 saturated heterocycles. The summed E-state index contributed by atoms with van der Waals surface area (Å²) in [6.45, 7) is -3.07. The molecule has 0 radical (unpaired) electrons. The number of nitrogens with zero attached hydrogens (tertiary/aromatic N) is 2. The second kappa shape index (κ2) is 10.4. The highest BCUT2D eigenvalue weighted by atomic mass is 19.4. The maximum absolute atomic E-state index is 14.9. The van der Waals surface area contributed by atoms with E-state index in [0.717, 1.165) is 59.3 Å². The summed E-state index contributed by atoms with van der Waals surface area (Å²) in [5.74, 6) is -3.69. The minimum atomic E-state index is -4.58. The molecule has 4 rings (SSSR count). The number of halogens is 7. The topological polar surface area (TPSA) is 65.4 Å². The first kappa shape index (κ1) is 26.5. The van der Waals surface area contributed by atoms with Crippen molar-refractivity contribution in [3.63, 3.8) is 0 Å². The first-order valence-electron chi connectivity index (χ1n) is 10.6. The average molecular weight is 539 g/mol. The summed E-state index contributed by atoms with van der Waals surface area (Å²) in [5, 5.41) is 2.37. The molecule has 4 aromatic rings. The van der Waals surface area contributed by atoms with Crippen LogP contribution in [0, 0.1) is 11.6 Å². The average Bonchev–Trinajstić information content (AvgIpc) is 3.26. The van der Waals surface area contributed by atoms with Crippen molar-refractivity contribution < 1.29 is 45.0 Å². The molecule has 13 heteroatoms. The summed E-state index contributed by atoms with van der Waals surface area (Å²) in [6, 6.07) is 10.2. The highest BCUT2D eigenvalue weighted by Crippen LogP contribution is 2.33. The summed E-state index contributed by atoms with van der Waals surface area (Å²) < 4.78 is 103. The van der Waals surface area contributed by atoms with Crippen molar-refractivity contribution in [2.75, 3.05) is 12.4 Å². The number of carbonyl (C=O) groups excluding carboxylic acids is 1. The fourth-order valence-corrected chi connectivity index (χ4v) is 3.46. The van der Waals surface area contributed by atoms with Gasteiger partial charge in [0.2, 0.25) is 5.95 Å². The van der Waals surface area contributed by atoms with Crippen molar-refractivity contribution >= 4 is 11.9 Å². The molecule has 6 nitrogen and oxygen atoms in total. The SMILES string of the molecule is COc1cc(F)c(-n2cc(-c3ccc(C(F)(F)F)cc3)nc2NC(=O)c2ccc(OC(F)F)cc2)c(F)c1. The van der Waals surface area contributed by atoms with Gasteiger partial charge >= 0.3 is 12.8 Å². The molecule has 0 unspecified atom stereocenters. The van der Waals surface area contributed by atoms with Gasteiger partial charge in [0.05, 0.1) is 18.4 Å². The van der Waals surface area contributed by atoms with Crippen LogP contribution in [0.2, 0.25) is 0 Å². The predicted octanol–water partition coefficient (Wildman–Crippen LogP) is 6.70. The van der Waals surface area contributed by atoms with Gasteiger partial charge in [0.15, 0.2) is 11.6 Å². The minimum absolute atomic E-state index is 0.00989. The van der Waals surface area contributed by atoms with Crippen molar-refractivity contribution in [3.8, 4) is 28.4 Å². The number of hydrogen-bond donors (Lipinski definition) is 1. The zero-order valence-corrected chi connectivity index (χ0v) is 19.2. The monoisotopic (exact) mass is 539 g/mol. The molecule has 1 amide bonds. The Morgan fingerprint density at radius 1 is 0.947 bits per heavy atom. The maximum Gasteiger partial charge on any atom is 0.416 e. The van der Waals surface area contributed by atoms with Gasteiger partial charge in [0.1, 0.15) is 17.2 Å². The quantitative estimate of drug-likeness (QED) is 0.266. The van der Waals surface area contributed by atoms with E-state index in [1.807, 2.05) is 0 Å². The zero-order chi connectivity index (χ0) is 27.6. The van der Waals surface area contributed by atoms with E-state index in [4.69, 9.17) is 4.74 Å². The van der Waals surface area contributed by atoms with E-state index in [9.17, 15) is 35.5 Å². The molecule has 1 aromatic heterocycles. The van der Waals surface area contributed by atoms with Gasteiger partial charge in [-0.05, 0) is 36.4 Å². The van der Waals surface area contributed by atoms with Crippen LogP contribution in [-0.4, -0.2) is 29.2 Å². The number of anilines is 1. The van der Waals surface area contributed by atoms with Gasteiger partial charge < -0.3 is 9.47 Å². The van der Waals surface area contributed by atoms with Crippen molar-refractivity contribution in [2.45, 2.75) is 12.8 Å². The van der Waals surface area contributed by atoms with Crippen molar-refractivity contribution in [1.29, 1.82) is 0 Å². The first-order chi connectivity index (χ1) is 18.0. The first-order valence-corrected chi connectivity index (χ1v) is 10.6. The number of nitrogens with one attached hydrogen (secondary N) is 1. The second-order valence-electron chi connectivity index (χ2n) is 7.69. The van der Waals surface area contributed by atoms with E-state index in [2.05, 4.69) is 15.0 Å². The molecule has 1 N–H and O–H groups in total. The van der Waals surface area contributed by atoms with Crippen LogP contribution in [0.25, 0.3) is 16.9 Å². The van der Waals surface area contributed by atoms with E-state index < -0.39 is 41.6 Å². The summed E-state index contributed by atoms with van der Waals surface area (Å²) >= 11 is 0. The largest absolute Gasteiger partial charge is 0.497 e. The lowest BCUT2D eigenvalue weighted by molar-refractivity contribution is -0.137. The number of alkyl halides is 5. The van der Waals surface area contributed by atoms with Gasteiger partial charge in [-0.2, -0.15) is 22.0 Å². The van der Waals surface area contributed by atoms with E-state index in [1.165, 1.54) is 19.2 Å². The molecule has 0 spiro atoms. The Morgan fingerprint density at radius 3 is 2.08 bits per heavy atom. The number of ether oxygens (including phenoxy) is 2. The third-order valence-corrected chi connectivity index (χ3v) is 5.25. The van der Waals surface area contributed by atoms with Crippen LogP contribution in [-0.2, 0) is 6.18 Å². The lowest BCUT2D eigenvalue weighted by Crippen LogP contribution is -2.16. The maximum atomic E-state index is 14.9. The normalized spacial score (nSPS) is 11.5. The summed E-state index contributed by atoms with van der Waals surface area (Å²) in [6.07, 6.45) is -3.45. The van der Waals surface area contributed by atoms with E-state index >= 15 is 0 Å². The minimum Gasteiger partial charge on any atom is -0.497 e. The van der Waals surface area contributed by atoms with E-state index in [-0.39, 0.29) is 34.3 Å². The molecule has 0 bridgehead atoms. The summed E-state index contributed by atoms with van der Waals surface area (Å²) in [7, 11) is 1.21. The molecular weight excluding hydrogens is 523 g/mol. The fourth-order valence-electron chi connectivity index (χ4n) is 3.46. The number of carbonyl (C=O) groups is 1. The number of amides is 1. The Bertz CT molecular complexity index is 1430. The Balaban J connectivity index is 1.74. The van der Waals surface area contributed by atoms with Crippen LogP contribution >= 0.6 is 0 Å². The molecule has 198 valence electrons. The molecular formula is C25H16F7N3O3. The van der Waals surface area contributed by atoms with Crippen LogP contribution in [0.4, 0.5) is 36.7 Å². The molecule has 38 heavy (non-hydrogen) atoms. The summed E-state index contributed by atoms with van der Waals surface area (Å²) in [4.78, 5) is 17.0. The molecule has 0 atom stereocenters. The van der Waals surface area contributed by atoms with Gasteiger partial charge in [-0.1, -0.05) is 12.1 Å². The smallest absolute Gasteiger partial charge is 0.416 e. The van der Waals surface area contributed by atoms with Crippen LogP contribution < -0.4 is 14.8 Å². The van der Waals surface area contributed by atoms with Gasteiger partial charge in [0, 0.05) is 29.5 Å². The van der Waals surface area contributed by atoms with E-state index in [1.54, 1.807) is 0 Å². The lowest BCUT2D eigenvalue weighted by atomic mass is 10.1. The number of benzene rings is 3. The molecule has 0 fully saturated rings. The molecule has 0 saturated carbocycles. The molecule has 3 aromatic carbocycles.